The lowest BCUT2D eigenvalue weighted by Crippen LogP contribution is -2.44. The third-order valence-electron chi connectivity index (χ3n) is 3.04. The van der Waals surface area contributed by atoms with Crippen molar-refractivity contribution in [3.63, 3.8) is 0 Å². The maximum Gasteiger partial charge on any atom is 0.307 e. The molecule has 2 N–H and O–H groups in total. The van der Waals surface area contributed by atoms with E-state index in [1.54, 1.807) is 0 Å². The molecule has 0 bridgehead atoms. The van der Waals surface area contributed by atoms with Crippen molar-refractivity contribution in [2.45, 2.75) is 51.0 Å². The van der Waals surface area contributed by atoms with Crippen LogP contribution in [0.3, 0.4) is 0 Å². The molecule has 1 saturated carbocycles. The Labute approximate surface area is 97.5 Å². The van der Waals surface area contributed by atoms with Crippen LogP contribution in [-0.4, -0.2) is 31.3 Å². The van der Waals surface area contributed by atoms with Crippen molar-refractivity contribution in [3.05, 3.63) is 0 Å². The van der Waals surface area contributed by atoms with Crippen molar-refractivity contribution in [2.75, 3.05) is 19.8 Å². The molecule has 0 spiro atoms. The molecule has 0 aliphatic heterocycles. The molecular weight excluding hydrogens is 206 g/mol. The van der Waals surface area contributed by atoms with Crippen LogP contribution in [0.15, 0.2) is 0 Å². The molecule has 0 saturated heterocycles. The van der Waals surface area contributed by atoms with E-state index >= 15 is 0 Å². The third-order valence-corrected chi connectivity index (χ3v) is 3.04. The lowest BCUT2D eigenvalue weighted by atomic mass is 9.80. The van der Waals surface area contributed by atoms with Crippen molar-refractivity contribution in [2.24, 2.45) is 5.73 Å². The van der Waals surface area contributed by atoms with Gasteiger partial charge in [0.1, 0.15) is 6.61 Å². The SMILES string of the molecule is CCOCCOC(=O)CC1(N)CCCCC1. The van der Waals surface area contributed by atoms with Gasteiger partial charge in [0, 0.05) is 12.1 Å². The van der Waals surface area contributed by atoms with Gasteiger partial charge in [0.15, 0.2) is 0 Å². The van der Waals surface area contributed by atoms with Gasteiger partial charge in [-0.05, 0) is 19.8 Å². The lowest BCUT2D eigenvalue weighted by Gasteiger charge is -2.32. The predicted octanol–water partition coefficient (Wildman–Crippen LogP) is 1.62. The fraction of sp³-hybridized carbons (Fsp3) is 0.917. The molecule has 0 radical (unpaired) electrons. The fourth-order valence-corrected chi connectivity index (χ4v) is 2.13. The fourth-order valence-electron chi connectivity index (χ4n) is 2.13. The zero-order chi connectivity index (χ0) is 11.9. The smallest absolute Gasteiger partial charge is 0.307 e. The maximum atomic E-state index is 11.5. The highest BCUT2D eigenvalue weighted by molar-refractivity contribution is 5.70. The average Bonchev–Trinajstić information content (AvgIpc) is 2.25. The molecule has 1 fully saturated rings. The van der Waals surface area contributed by atoms with Crippen LogP contribution in [0.4, 0.5) is 0 Å². The molecule has 4 nitrogen and oxygen atoms in total. The first-order valence-electron chi connectivity index (χ1n) is 6.18. The van der Waals surface area contributed by atoms with E-state index in [2.05, 4.69) is 0 Å². The largest absolute Gasteiger partial charge is 0.463 e. The molecule has 1 aliphatic carbocycles. The maximum absolute atomic E-state index is 11.5. The summed E-state index contributed by atoms with van der Waals surface area (Å²) in [5.74, 6) is -0.191. The monoisotopic (exact) mass is 229 g/mol. The summed E-state index contributed by atoms with van der Waals surface area (Å²) in [6, 6.07) is 0. The molecule has 0 atom stereocenters. The number of carbonyl (C=O) groups excluding carboxylic acids is 1. The van der Waals surface area contributed by atoms with Gasteiger partial charge in [-0.3, -0.25) is 4.79 Å². The average molecular weight is 229 g/mol. The molecule has 1 rings (SSSR count). The lowest BCUT2D eigenvalue weighted by molar-refractivity contribution is -0.146. The van der Waals surface area contributed by atoms with Crippen LogP contribution in [0.25, 0.3) is 0 Å². The molecule has 1 aliphatic rings. The van der Waals surface area contributed by atoms with E-state index in [0.29, 0.717) is 26.2 Å². The molecule has 94 valence electrons. The summed E-state index contributed by atoms with van der Waals surface area (Å²) in [4.78, 5) is 11.5. The number of carbonyl (C=O) groups is 1. The molecule has 0 aromatic carbocycles. The zero-order valence-corrected chi connectivity index (χ0v) is 10.2. The number of ether oxygens (including phenoxy) is 2. The number of nitrogens with two attached hydrogens (primary N) is 1. The molecule has 4 heteroatoms. The predicted molar refractivity (Wildman–Crippen MR) is 62.1 cm³/mol. The van der Waals surface area contributed by atoms with E-state index in [1.807, 2.05) is 6.92 Å². The summed E-state index contributed by atoms with van der Waals surface area (Å²) in [5, 5.41) is 0. The van der Waals surface area contributed by atoms with Crippen LogP contribution in [0.2, 0.25) is 0 Å². The Morgan fingerprint density at radius 2 is 1.94 bits per heavy atom. The molecule has 0 amide bonds. The third kappa shape index (κ3) is 4.94. The number of rotatable bonds is 6. The van der Waals surface area contributed by atoms with Gasteiger partial charge in [-0.15, -0.1) is 0 Å². The van der Waals surface area contributed by atoms with E-state index < -0.39 is 0 Å². The van der Waals surface area contributed by atoms with Gasteiger partial charge >= 0.3 is 5.97 Å². The van der Waals surface area contributed by atoms with Gasteiger partial charge in [-0.25, -0.2) is 0 Å². The Morgan fingerprint density at radius 3 is 2.56 bits per heavy atom. The van der Waals surface area contributed by atoms with Gasteiger partial charge < -0.3 is 15.2 Å². The topological polar surface area (TPSA) is 61.5 Å². The summed E-state index contributed by atoms with van der Waals surface area (Å²) in [7, 11) is 0. The second kappa shape index (κ2) is 6.86. The van der Waals surface area contributed by atoms with Gasteiger partial charge in [0.2, 0.25) is 0 Å². The van der Waals surface area contributed by atoms with Gasteiger partial charge in [-0.1, -0.05) is 19.3 Å². The van der Waals surface area contributed by atoms with Crippen molar-refractivity contribution >= 4 is 5.97 Å². The van der Waals surface area contributed by atoms with Crippen molar-refractivity contribution in [1.29, 1.82) is 0 Å². The van der Waals surface area contributed by atoms with E-state index in [0.717, 1.165) is 25.7 Å². The number of esters is 1. The van der Waals surface area contributed by atoms with Crippen molar-refractivity contribution in [1.82, 2.24) is 0 Å². The van der Waals surface area contributed by atoms with Gasteiger partial charge in [0.05, 0.1) is 13.0 Å². The Morgan fingerprint density at radius 1 is 1.25 bits per heavy atom. The summed E-state index contributed by atoms with van der Waals surface area (Å²) >= 11 is 0. The Hall–Kier alpha value is -0.610. The van der Waals surface area contributed by atoms with E-state index in [4.69, 9.17) is 15.2 Å². The summed E-state index contributed by atoms with van der Waals surface area (Å²) in [5.41, 5.74) is 5.84. The highest BCUT2D eigenvalue weighted by atomic mass is 16.6. The standard InChI is InChI=1S/C12H23NO3/c1-2-15-8-9-16-11(14)10-12(13)6-4-3-5-7-12/h2-10,13H2,1H3. The minimum atomic E-state index is -0.319. The van der Waals surface area contributed by atoms with E-state index in [9.17, 15) is 4.79 Å². The molecule has 0 aromatic heterocycles. The van der Waals surface area contributed by atoms with E-state index in [1.165, 1.54) is 6.42 Å². The highest BCUT2D eigenvalue weighted by Crippen LogP contribution is 2.28. The van der Waals surface area contributed by atoms with Gasteiger partial charge in [0.25, 0.3) is 0 Å². The molecule has 0 unspecified atom stereocenters. The highest BCUT2D eigenvalue weighted by Gasteiger charge is 2.30. The second-order valence-corrected chi connectivity index (χ2v) is 4.52. The van der Waals surface area contributed by atoms with Crippen LogP contribution in [0.5, 0.6) is 0 Å². The van der Waals surface area contributed by atoms with Crippen LogP contribution in [0.1, 0.15) is 45.4 Å². The summed E-state index contributed by atoms with van der Waals surface area (Å²) in [6.07, 6.45) is 5.71. The summed E-state index contributed by atoms with van der Waals surface area (Å²) in [6.45, 7) is 3.37. The zero-order valence-electron chi connectivity index (χ0n) is 10.2. The van der Waals surface area contributed by atoms with Crippen LogP contribution >= 0.6 is 0 Å². The normalized spacial score (nSPS) is 19.4. The van der Waals surface area contributed by atoms with E-state index in [-0.39, 0.29) is 11.5 Å². The van der Waals surface area contributed by atoms with Gasteiger partial charge in [-0.2, -0.15) is 0 Å². The quantitative estimate of drug-likeness (QED) is 0.555. The minimum absolute atomic E-state index is 0.191. The van der Waals surface area contributed by atoms with Crippen molar-refractivity contribution < 1.29 is 14.3 Å². The molecular formula is C12H23NO3. The molecule has 16 heavy (non-hydrogen) atoms. The van der Waals surface area contributed by atoms with Crippen LogP contribution in [0, 0.1) is 0 Å². The Kier molecular flexibility index (Phi) is 5.77. The molecule has 0 heterocycles. The minimum Gasteiger partial charge on any atom is -0.463 e. The Balaban J connectivity index is 2.17. The first kappa shape index (κ1) is 13.5. The first-order chi connectivity index (χ1) is 7.66. The Bertz CT molecular complexity index is 212. The van der Waals surface area contributed by atoms with Crippen molar-refractivity contribution in [3.8, 4) is 0 Å². The number of hydrogen-bond donors (Lipinski definition) is 1. The molecule has 0 aromatic rings. The number of hydrogen-bond acceptors (Lipinski definition) is 4. The first-order valence-corrected chi connectivity index (χ1v) is 6.18. The summed E-state index contributed by atoms with van der Waals surface area (Å²) < 4.78 is 10.2. The van der Waals surface area contributed by atoms with Crippen LogP contribution < -0.4 is 5.73 Å². The van der Waals surface area contributed by atoms with Crippen LogP contribution in [-0.2, 0) is 14.3 Å². The second-order valence-electron chi connectivity index (χ2n) is 4.52.